The van der Waals surface area contributed by atoms with E-state index in [0.29, 0.717) is 18.2 Å². The Bertz CT molecular complexity index is 680. The first-order chi connectivity index (χ1) is 12.1. The lowest BCUT2D eigenvalue weighted by Gasteiger charge is -2.24. The first-order valence-electron chi connectivity index (χ1n) is 8.68. The molecule has 0 aliphatic carbocycles. The number of carbonyl (C=O) groups is 1. The standard InChI is InChI=1S/C17H24N6O2/c1-10(2)15(17(24)25)13(16-20-22-23-21-16)7-11-3-4-14(19-8-11)12-5-6-18-9-12/h3-4,8,10,12-13,15,18H,5-7,9H2,1-2H3,(H,24,25)(H,20,21,22,23)/t12?,13-,15?/m0/s1. The van der Waals surface area contributed by atoms with E-state index in [0.717, 1.165) is 30.8 Å². The molecule has 134 valence electrons. The van der Waals surface area contributed by atoms with Crippen LogP contribution in [0, 0.1) is 11.8 Å². The summed E-state index contributed by atoms with van der Waals surface area (Å²) in [4.78, 5) is 16.4. The smallest absolute Gasteiger partial charge is 0.307 e. The van der Waals surface area contributed by atoms with Gasteiger partial charge in [0.1, 0.15) is 0 Å². The van der Waals surface area contributed by atoms with Crippen LogP contribution in [-0.2, 0) is 11.2 Å². The molecule has 0 spiro atoms. The van der Waals surface area contributed by atoms with Crippen LogP contribution in [0.25, 0.3) is 0 Å². The summed E-state index contributed by atoms with van der Waals surface area (Å²) in [6, 6.07) is 4.08. The van der Waals surface area contributed by atoms with Gasteiger partial charge in [-0.25, -0.2) is 0 Å². The molecule has 0 saturated carbocycles. The minimum absolute atomic E-state index is 0.0437. The van der Waals surface area contributed by atoms with Gasteiger partial charge in [-0.15, -0.1) is 10.2 Å². The number of hydrogen-bond donors (Lipinski definition) is 3. The van der Waals surface area contributed by atoms with Crippen molar-refractivity contribution in [2.75, 3.05) is 13.1 Å². The zero-order chi connectivity index (χ0) is 17.8. The molecule has 8 heteroatoms. The molecule has 25 heavy (non-hydrogen) atoms. The molecule has 3 rings (SSSR count). The van der Waals surface area contributed by atoms with E-state index < -0.39 is 11.9 Å². The summed E-state index contributed by atoms with van der Waals surface area (Å²) >= 11 is 0. The van der Waals surface area contributed by atoms with E-state index >= 15 is 0 Å². The SMILES string of the molecule is CC(C)C(C(=O)O)[C@H](Cc1ccc(C2CCNC2)nc1)c1nn[nH]n1. The second-order valence-electron chi connectivity index (χ2n) is 6.97. The van der Waals surface area contributed by atoms with Crippen LogP contribution in [-0.4, -0.2) is 49.8 Å². The molecule has 2 unspecified atom stereocenters. The Morgan fingerprint density at radius 2 is 2.24 bits per heavy atom. The largest absolute Gasteiger partial charge is 0.481 e. The van der Waals surface area contributed by atoms with Crippen LogP contribution in [0.4, 0.5) is 0 Å². The summed E-state index contributed by atoms with van der Waals surface area (Å²) in [7, 11) is 0. The summed E-state index contributed by atoms with van der Waals surface area (Å²) in [5.41, 5.74) is 2.07. The van der Waals surface area contributed by atoms with Crippen molar-refractivity contribution in [1.29, 1.82) is 0 Å². The molecule has 0 amide bonds. The Morgan fingerprint density at radius 1 is 1.40 bits per heavy atom. The molecule has 2 aromatic heterocycles. The number of tetrazole rings is 1. The number of pyridine rings is 1. The van der Waals surface area contributed by atoms with Crippen molar-refractivity contribution in [3.63, 3.8) is 0 Å². The van der Waals surface area contributed by atoms with Crippen molar-refractivity contribution >= 4 is 5.97 Å². The van der Waals surface area contributed by atoms with E-state index in [-0.39, 0.29) is 11.8 Å². The van der Waals surface area contributed by atoms with E-state index in [1.54, 1.807) is 0 Å². The fourth-order valence-corrected chi connectivity index (χ4v) is 3.59. The van der Waals surface area contributed by atoms with Crippen molar-refractivity contribution in [3.05, 3.63) is 35.4 Å². The third-order valence-corrected chi connectivity index (χ3v) is 4.91. The highest BCUT2D eigenvalue weighted by atomic mass is 16.4. The van der Waals surface area contributed by atoms with E-state index in [1.165, 1.54) is 0 Å². The molecule has 0 radical (unpaired) electrons. The van der Waals surface area contributed by atoms with Crippen LogP contribution in [0.3, 0.4) is 0 Å². The third kappa shape index (κ3) is 4.01. The van der Waals surface area contributed by atoms with Gasteiger partial charge in [-0.1, -0.05) is 25.1 Å². The molecule has 1 fully saturated rings. The summed E-state index contributed by atoms with van der Waals surface area (Å²) in [6.07, 6.45) is 3.47. The van der Waals surface area contributed by atoms with Gasteiger partial charge in [-0.2, -0.15) is 5.21 Å². The van der Waals surface area contributed by atoms with Gasteiger partial charge in [0.15, 0.2) is 5.82 Å². The van der Waals surface area contributed by atoms with Gasteiger partial charge in [0.25, 0.3) is 0 Å². The number of aromatic nitrogens is 5. The molecule has 1 aliphatic heterocycles. The normalized spacial score (nSPS) is 19.9. The summed E-state index contributed by atoms with van der Waals surface area (Å²) in [5.74, 6) is -0.924. The lowest BCUT2D eigenvalue weighted by Crippen LogP contribution is -2.29. The van der Waals surface area contributed by atoms with Gasteiger partial charge in [-0.05, 0) is 36.9 Å². The minimum Gasteiger partial charge on any atom is -0.481 e. The predicted octanol–water partition coefficient (Wildman–Crippen LogP) is 1.35. The van der Waals surface area contributed by atoms with Crippen LogP contribution < -0.4 is 5.32 Å². The second-order valence-corrected chi connectivity index (χ2v) is 6.97. The van der Waals surface area contributed by atoms with Crippen LogP contribution in [0.2, 0.25) is 0 Å². The summed E-state index contributed by atoms with van der Waals surface area (Å²) in [5, 5.41) is 27.1. The van der Waals surface area contributed by atoms with Crippen molar-refractivity contribution < 1.29 is 9.90 Å². The topological polar surface area (TPSA) is 117 Å². The number of nitrogens with one attached hydrogen (secondary N) is 2. The number of aliphatic carboxylic acids is 1. The van der Waals surface area contributed by atoms with Crippen LogP contribution in [0.5, 0.6) is 0 Å². The first kappa shape index (κ1) is 17.5. The molecule has 1 saturated heterocycles. The van der Waals surface area contributed by atoms with E-state index in [1.807, 2.05) is 32.2 Å². The second kappa shape index (κ2) is 7.69. The van der Waals surface area contributed by atoms with Crippen LogP contribution in [0.1, 0.15) is 49.2 Å². The minimum atomic E-state index is -0.841. The molecule has 8 nitrogen and oxygen atoms in total. The Labute approximate surface area is 146 Å². The molecular formula is C17H24N6O2. The Hall–Kier alpha value is -2.35. The number of carboxylic acid groups (broad SMARTS) is 1. The average Bonchev–Trinajstić information content (AvgIpc) is 3.28. The quantitative estimate of drug-likeness (QED) is 0.694. The van der Waals surface area contributed by atoms with E-state index in [4.69, 9.17) is 0 Å². The number of hydrogen-bond acceptors (Lipinski definition) is 6. The molecule has 3 heterocycles. The van der Waals surface area contributed by atoms with Gasteiger partial charge >= 0.3 is 5.97 Å². The maximum atomic E-state index is 11.8. The molecule has 0 bridgehead atoms. The van der Waals surface area contributed by atoms with Gasteiger partial charge in [-0.3, -0.25) is 9.78 Å². The van der Waals surface area contributed by atoms with Gasteiger partial charge in [0.2, 0.25) is 0 Å². The lowest BCUT2D eigenvalue weighted by atomic mass is 9.79. The van der Waals surface area contributed by atoms with Crippen LogP contribution >= 0.6 is 0 Å². The number of H-pyrrole nitrogens is 1. The summed E-state index contributed by atoms with van der Waals surface area (Å²) < 4.78 is 0. The highest BCUT2D eigenvalue weighted by Gasteiger charge is 2.35. The molecule has 3 N–H and O–H groups in total. The van der Waals surface area contributed by atoms with E-state index in [9.17, 15) is 9.90 Å². The van der Waals surface area contributed by atoms with Gasteiger partial charge in [0.05, 0.1) is 5.92 Å². The number of carboxylic acids is 1. The number of rotatable bonds is 7. The zero-order valence-corrected chi connectivity index (χ0v) is 14.5. The van der Waals surface area contributed by atoms with Gasteiger partial charge < -0.3 is 10.4 Å². The fourth-order valence-electron chi connectivity index (χ4n) is 3.59. The van der Waals surface area contributed by atoms with Crippen molar-refractivity contribution in [2.24, 2.45) is 11.8 Å². The number of aromatic amines is 1. The van der Waals surface area contributed by atoms with Gasteiger partial charge in [0, 0.05) is 30.3 Å². The number of nitrogens with zero attached hydrogens (tertiary/aromatic N) is 4. The predicted molar refractivity (Wildman–Crippen MR) is 91.1 cm³/mol. The van der Waals surface area contributed by atoms with Crippen molar-refractivity contribution in [2.45, 2.75) is 38.5 Å². The van der Waals surface area contributed by atoms with E-state index in [2.05, 4.69) is 30.9 Å². The average molecular weight is 344 g/mol. The highest BCUT2D eigenvalue weighted by Crippen LogP contribution is 2.32. The van der Waals surface area contributed by atoms with Crippen molar-refractivity contribution in [1.82, 2.24) is 30.9 Å². The zero-order valence-electron chi connectivity index (χ0n) is 14.5. The first-order valence-corrected chi connectivity index (χ1v) is 8.68. The maximum absolute atomic E-state index is 11.8. The maximum Gasteiger partial charge on any atom is 0.307 e. The Kier molecular flexibility index (Phi) is 5.37. The fraction of sp³-hybridized carbons (Fsp3) is 0.588. The Balaban J connectivity index is 1.81. The molecule has 1 aliphatic rings. The molecule has 2 aromatic rings. The molecule has 3 atom stereocenters. The molecule has 0 aromatic carbocycles. The lowest BCUT2D eigenvalue weighted by molar-refractivity contribution is -0.144. The summed E-state index contributed by atoms with van der Waals surface area (Å²) in [6.45, 7) is 5.80. The monoisotopic (exact) mass is 344 g/mol. The van der Waals surface area contributed by atoms with Crippen LogP contribution in [0.15, 0.2) is 18.3 Å². The third-order valence-electron chi connectivity index (χ3n) is 4.91. The van der Waals surface area contributed by atoms with Crippen molar-refractivity contribution in [3.8, 4) is 0 Å². The highest BCUT2D eigenvalue weighted by molar-refractivity contribution is 5.71. The molecular weight excluding hydrogens is 320 g/mol. The Morgan fingerprint density at radius 3 is 2.76 bits per heavy atom.